The van der Waals surface area contributed by atoms with Crippen molar-refractivity contribution < 1.29 is 4.74 Å². The number of unbranched alkanes of at least 4 members (excludes halogenated alkanes) is 1. The van der Waals surface area contributed by atoms with Crippen molar-refractivity contribution in [1.82, 2.24) is 15.5 Å². The molecule has 2 N–H and O–H groups in total. The molecule has 23 heavy (non-hydrogen) atoms. The van der Waals surface area contributed by atoms with Crippen LogP contribution in [0.15, 0.2) is 4.99 Å². The number of hydrogen-bond acceptors (Lipinski definition) is 4. The van der Waals surface area contributed by atoms with E-state index in [-0.39, 0.29) is 24.0 Å². The molecule has 0 amide bonds. The number of guanidine groups is 1. The van der Waals surface area contributed by atoms with Crippen molar-refractivity contribution in [1.29, 1.82) is 0 Å². The van der Waals surface area contributed by atoms with Crippen LogP contribution in [0.3, 0.4) is 0 Å². The van der Waals surface area contributed by atoms with Crippen LogP contribution < -0.4 is 10.6 Å². The molecule has 0 radical (unpaired) electrons. The molecular weight excluding hydrogens is 423 g/mol. The normalized spacial score (nSPS) is 17.4. The van der Waals surface area contributed by atoms with Gasteiger partial charge in [-0.05, 0) is 37.7 Å². The molecule has 0 aromatic heterocycles. The Bertz CT molecular complexity index is 302. The van der Waals surface area contributed by atoms with Crippen LogP contribution >= 0.6 is 35.7 Å². The van der Waals surface area contributed by atoms with Crippen molar-refractivity contribution in [2.75, 3.05) is 64.5 Å². The van der Waals surface area contributed by atoms with E-state index in [1.807, 2.05) is 11.8 Å². The lowest BCUT2D eigenvalue weighted by Gasteiger charge is -2.28. The summed E-state index contributed by atoms with van der Waals surface area (Å²) in [5.41, 5.74) is 0. The summed E-state index contributed by atoms with van der Waals surface area (Å²) < 4.78 is 5.39. The third-order valence-electron chi connectivity index (χ3n) is 3.65. The number of hydrogen-bond donors (Lipinski definition) is 2. The van der Waals surface area contributed by atoms with E-state index >= 15 is 0 Å². The van der Waals surface area contributed by atoms with Crippen LogP contribution in [0.1, 0.15) is 26.7 Å². The summed E-state index contributed by atoms with van der Waals surface area (Å²) in [6, 6.07) is 0. The van der Waals surface area contributed by atoms with Gasteiger partial charge in [-0.15, -0.1) is 24.0 Å². The zero-order chi connectivity index (χ0) is 16.0. The molecule has 1 atom stereocenters. The number of nitrogens with one attached hydrogen (secondary N) is 2. The number of aliphatic imine (C=N–C) groups is 1. The number of halogens is 1. The largest absolute Gasteiger partial charge is 0.379 e. The minimum absolute atomic E-state index is 0. The predicted octanol–water partition coefficient (Wildman–Crippen LogP) is 2.27. The third-order valence-corrected chi connectivity index (χ3v) is 4.34. The Hall–Kier alpha value is 0.270. The number of ether oxygens (including phenoxy) is 1. The fourth-order valence-corrected chi connectivity index (χ4v) is 2.94. The predicted molar refractivity (Wildman–Crippen MR) is 113 cm³/mol. The molecule has 7 heteroatoms. The van der Waals surface area contributed by atoms with Crippen molar-refractivity contribution >= 4 is 41.7 Å². The topological polar surface area (TPSA) is 48.9 Å². The van der Waals surface area contributed by atoms with E-state index in [0.29, 0.717) is 5.92 Å². The van der Waals surface area contributed by atoms with E-state index in [4.69, 9.17) is 9.73 Å². The first-order chi connectivity index (χ1) is 10.8. The number of morpholine rings is 1. The second-order valence-electron chi connectivity index (χ2n) is 5.86. The first-order valence-electron chi connectivity index (χ1n) is 8.57. The minimum atomic E-state index is 0. The van der Waals surface area contributed by atoms with Crippen molar-refractivity contribution in [3.63, 3.8) is 0 Å². The van der Waals surface area contributed by atoms with Crippen LogP contribution in [0.4, 0.5) is 0 Å². The molecule has 0 saturated carbocycles. The third kappa shape index (κ3) is 12.3. The summed E-state index contributed by atoms with van der Waals surface area (Å²) in [6.45, 7) is 12.1. The summed E-state index contributed by atoms with van der Waals surface area (Å²) in [6.07, 6.45) is 4.63. The first-order valence-corrected chi connectivity index (χ1v) is 9.96. The van der Waals surface area contributed by atoms with Crippen molar-refractivity contribution in [2.45, 2.75) is 26.7 Å². The Balaban J connectivity index is 0.00000484. The maximum atomic E-state index is 5.39. The highest BCUT2D eigenvalue weighted by atomic mass is 127. The van der Waals surface area contributed by atoms with Gasteiger partial charge in [0.1, 0.15) is 0 Å². The van der Waals surface area contributed by atoms with Gasteiger partial charge in [0.15, 0.2) is 5.96 Å². The molecule has 0 aliphatic carbocycles. The molecule has 1 unspecified atom stereocenters. The maximum absolute atomic E-state index is 5.39. The van der Waals surface area contributed by atoms with Crippen LogP contribution in [-0.4, -0.2) is 75.4 Å². The molecule has 0 bridgehead atoms. The van der Waals surface area contributed by atoms with E-state index in [1.54, 1.807) is 0 Å². The van der Waals surface area contributed by atoms with Gasteiger partial charge in [-0.2, -0.15) is 11.8 Å². The SMILES string of the molecule is CCNC(=NCC(C)CN1CCOCC1)NCCCCSC.I. The fourth-order valence-electron chi connectivity index (χ4n) is 2.45. The van der Waals surface area contributed by atoms with Gasteiger partial charge < -0.3 is 15.4 Å². The highest BCUT2D eigenvalue weighted by Gasteiger charge is 2.13. The van der Waals surface area contributed by atoms with Crippen LogP contribution in [0.5, 0.6) is 0 Å². The lowest BCUT2D eigenvalue weighted by Crippen LogP contribution is -2.40. The second kappa shape index (κ2) is 15.8. The molecule has 1 saturated heterocycles. The van der Waals surface area contributed by atoms with E-state index in [1.165, 1.54) is 18.6 Å². The van der Waals surface area contributed by atoms with Gasteiger partial charge in [0.05, 0.1) is 13.2 Å². The molecular formula is C16H35IN4OS. The van der Waals surface area contributed by atoms with Crippen molar-refractivity contribution in [3.8, 4) is 0 Å². The number of rotatable bonds is 10. The standard InChI is InChI=1S/C16H34N4OS.HI/c1-4-17-16(18-7-5-6-12-22-3)19-13-15(2)14-20-8-10-21-11-9-20;/h15H,4-14H2,1-3H3,(H2,17,18,19);1H. The van der Waals surface area contributed by atoms with E-state index in [2.05, 4.69) is 35.6 Å². The zero-order valence-corrected chi connectivity index (χ0v) is 18.1. The van der Waals surface area contributed by atoms with Gasteiger partial charge in [-0.25, -0.2) is 0 Å². The smallest absolute Gasteiger partial charge is 0.191 e. The zero-order valence-electron chi connectivity index (χ0n) is 15.0. The fraction of sp³-hybridized carbons (Fsp3) is 0.938. The second-order valence-corrected chi connectivity index (χ2v) is 6.85. The molecule has 138 valence electrons. The van der Waals surface area contributed by atoms with Gasteiger partial charge in [-0.3, -0.25) is 9.89 Å². The first kappa shape index (κ1) is 23.3. The van der Waals surface area contributed by atoms with Gasteiger partial charge >= 0.3 is 0 Å². The van der Waals surface area contributed by atoms with Crippen molar-refractivity contribution in [3.05, 3.63) is 0 Å². The minimum Gasteiger partial charge on any atom is -0.379 e. The summed E-state index contributed by atoms with van der Waals surface area (Å²) in [7, 11) is 0. The highest BCUT2D eigenvalue weighted by Crippen LogP contribution is 2.04. The van der Waals surface area contributed by atoms with Crippen LogP contribution in [0, 0.1) is 5.92 Å². The van der Waals surface area contributed by atoms with Gasteiger partial charge in [0.25, 0.3) is 0 Å². The quantitative estimate of drug-likeness (QED) is 0.228. The maximum Gasteiger partial charge on any atom is 0.191 e. The molecule has 1 aliphatic rings. The molecule has 0 aromatic carbocycles. The van der Waals surface area contributed by atoms with Crippen LogP contribution in [0.2, 0.25) is 0 Å². The average molecular weight is 458 g/mol. The summed E-state index contributed by atoms with van der Waals surface area (Å²) in [4.78, 5) is 7.21. The highest BCUT2D eigenvalue weighted by molar-refractivity contribution is 14.0. The lowest BCUT2D eigenvalue weighted by molar-refractivity contribution is 0.0323. The average Bonchev–Trinajstić information content (AvgIpc) is 2.53. The number of thioether (sulfide) groups is 1. The molecule has 1 aliphatic heterocycles. The molecule has 0 spiro atoms. The Morgan fingerprint density at radius 3 is 2.65 bits per heavy atom. The molecule has 5 nitrogen and oxygen atoms in total. The lowest BCUT2D eigenvalue weighted by atomic mass is 10.1. The summed E-state index contributed by atoms with van der Waals surface area (Å²) >= 11 is 1.91. The molecule has 1 fully saturated rings. The van der Waals surface area contributed by atoms with Crippen LogP contribution in [0.25, 0.3) is 0 Å². The van der Waals surface area contributed by atoms with Crippen molar-refractivity contribution in [2.24, 2.45) is 10.9 Å². The Kier molecular flexibility index (Phi) is 16.0. The monoisotopic (exact) mass is 458 g/mol. The Morgan fingerprint density at radius 1 is 1.26 bits per heavy atom. The van der Waals surface area contributed by atoms with E-state index in [9.17, 15) is 0 Å². The Labute approximate surface area is 163 Å². The van der Waals surface area contributed by atoms with Gasteiger partial charge in [-0.1, -0.05) is 6.92 Å². The summed E-state index contributed by atoms with van der Waals surface area (Å²) in [5.74, 6) is 2.77. The molecule has 0 aromatic rings. The van der Waals surface area contributed by atoms with Gasteiger partial charge in [0.2, 0.25) is 0 Å². The van der Waals surface area contributed by atoms with Gasteiger partial charge in [0, 0.05) is 39.3 Å². The summed E-state index contributed by atoms with van der Waals surface area (Å²) in [5, 5.41) is 6.77. The Morgan fingerprint density at radius 2 is 2.00 bits per heavy atom. The number of nitrogens with zero attached hydrogens (tertiary/aromatic N) is 2. The van der Waals surface area contributed by atoms with Crippen LogP contribution in [-0.2, 0) is 4.74 Å². The van der Waals surface area contributed by atoms with E-state index in [0.717, 1.165) is 58.4 Å². The molecule has 1 heterocycles. The van der Waals surface area contributed by atoms with E-state index < -0.39 is 0 Å². The molecule has 1 rings (SSSR count).